The Hall–Kier alpha value is -1.03. The van der Waals surface area contributed by atoms with Crippen LogP contribution in [0.5, 0.6) is 0 Å². The summed E-state index contributed by atoms with van der Waals surface area (Å²) < 4.78 is 1.57. The molecule has 4 heteroatoms. The molecule has 0 radical (unpaired) electrons. The van der Waals surface area contributed by atoms with Crippen molar-refractivity contribution in [2.45, 2.75) is 46.3 Å². The Kier molecular flexibility index (Phi) is 2.85. The standard InChI is InChI=1S/C10H18N2O2/c1-5-8-7(6-13)9(14)12(11-8)10(2,3)4/h11,13H,5-6H2,1-4H3. The van der Waals surface area contributed by atoms with Crippen LogP contribution >= 0.6 is 0 Å². The van der Waals surface area contributed by atoms with Gasteiger partial charge < -0.3 is 5.11 Å². The molecule has 0 bridgehead atoms. The Bertz CT molecular complexity index is 368. The van der Waals surface area contributed by atoms with Gasteiger partial charge in [-0.2, -0.15) is 0 Å². The van der Waals surface area contributed by atoms with E-state index in [1.807, 2.05) is 27.7 Å². The number of rotatable bonds is 2. The second kappa shape index (κ2) is 3.61. The van der Waals surface area contributed by atoms with Crippen LogP contribution in [0.1, 0.15) is 39.0 Å². The van der Waals surface area contributed by atoms with Crippen molar-refractivity contribution < 1.29 is 5.11 Å². The van der Waals surface area contributed by atoms with Crippen molar-refractivity contribution in [1.29, 1.82) is 0 Å². The van der Waals surface area contributed by atoms with Crippen LogP contribution in [0.4, 0.5) is 0 Å². The van der Waals surface area contributed by atoms with Gasteiger partial charge in [0.05, 0.1) is 17.7 Å². The molecule has 0 aliphatic carbocycles. The number of aromatic amines is 1. The summed E-state index contributed by atoms with van der Waals surface area (Å²) in [7, 11) is 0. The zero-order chi connectivity index (χ0) is 10.9. The number of hydrogen-bond acceptors (Lipinski definition) is 2. The summed E-state index contributed by atoms with van der Waals surface area (Å²) in [6, 6.07) is 0. The number of aliphatic hydroxyl groups excluding tert-OH is 1. The summed E-state index contributed by atoms with van der Waals surface area (Å²) in [5.41, 5.74) is 0.931. The van der Waals surface area contributed by atoms with Crippen LogP contribution in [0.25, 0.3) is 0 Å². The van der Waals surface area contributed by atoms with Crippen molar-refractivity contribution in [3.8, 4) is 0 Å². The van der Waals surface area contributed by atoms with Crippen LogP contribution in [-0.2, 0) is 18.6 Å². The number of hydrogen-bond donors (Lipinski definition) is 2. The van der Waals surface area contributed by atoms with Gasteiger partial charge in [0.2, 0.25) is 0 Å². The van der Waals surface area contributed by atoms with Crippen LogP contribution in [0, 0.1) is 0 Å². The van der Waals surface area contributed by atoms with E-state index in [4.69, 9.17) is 5.11 Å². The highest BCUT2D eigenvalue weighted by atomic mass is 16.3. The van der Waals surface area contributed by atoms with Crippen molar-refractivity contribution in [2.24, 2.45) is 0 Å². The third-order valence-corrected chi connectivity index (χ3v) is 2.25. The molecule has 0 saturated carbocycles. The zero-order valence-corrected chi connectivity index (χ0v) is 9.22. The van der Waals surface area contributed by atoms with Gasteiger partial charge in [0.25, 0.3) is 5.56 Å². The highest BCUT2D eigenvalue weighted by Gasteiger charge is 2.20. The predicted octanol–water partition coefficient (Wildman–Crippen LogP) is 0.986. The third-order valence-electron chi connectivity index (χ3n) is 2.25. The maximum Gasteiger partial charge on any atom is 0.272 e. The van der Waals surface area contributed by atoms with E-state index in [2.05, 4.69) is 5.10 Å². The summed E-state index contributed by atoms with van der Waals surface area (Å²) in [4.78, 5) is 11.8. The molecule has 0 aliphatic rings. The Balaban J connectivity index is 3.36. The molecule has 0 spiro atoms. The van der Waals surface area contributed by atoms with Crippen molar-refractivity contribution in [2.75, 3.05) is 0 Å². The fourth-order valence-electron chi connectivity index (χ4n) is 1.45. The minimum Gasteiger partial charge on any atom is -0.391 e. The number of aryl methyl sites for hydroxylation is 1. The van der Waals surface area contributed by atoms with Gasteiger partial charge in [0, 0.05) is 5.69 Å². The molecule has 80 valence electrons. The Morgan fingerprint density at radius 1 is 1.43 bits per heavy atom. The highest BCUT2D eigenvalue weighted by Crippen LogP contribution is 2.12. The van der Waals surface area contributed by atoms with E-state index < -0.39 is 0 Å². The molecule has 1 heterocycles. The molecule has 14 heavy (non-hydrogen) atoms. The maximum absolute atomic E-state index is 11.8. The molecule has 4 nitrogen and oxygen atoms in total. The van der Waals surface area contributed by atoms with Crippen LogP contribution in [0.2, 0.25) is 0 Å². The summed E-state index contributed by atoms with van der Waals surface area (Å²) in [5, 5.41) is 12.1. The largest absolute Gasteiger partial charge is 0.391 e. The molecular formula is C10H18N2O2. The lowest BCUT2D eigenvalue weighted by molar-refractivity contribution is 0.278. The first-order valence-corrected chi connectivity index (χ1v) is 4.86. The smallest absolute Gasteiger partial charge is 0.272 e. The van der Waals surface area contributed by atoms with Gasteiger partial charge in [-0.3, -0.25) is 9.89 Å². The van der Waals surface area contributed by atoms with Crippen LogP contribution in [0.3, 0.4) is 0 Å². The van der Waals surface area contributed by atoms with Gasteiger partial charge in [-0.15, -0.1) is 0 Å². The average Bonchev–Trinajstić information content (AvgIpc) is 2.40. The van der Waals surface area contributed by atoms with Crippen molar-refractivity contribution in [1.82, 2.24) is 9.78 Å². The fraction of sp³-hybridized carbons (Fsp3) is 0.700. The lowest BCUT2D eigenvalue weighted by Gasteiger charge is -2.19. The third kappa shape index (κ3) is 1.75. The minimum absolute atomic E-state index is 0.114. The Morgan fingerprint density at radius 3 is 2.29 bits per heavy atom. The molecular weight excluding hydrogens is 180 g/mol. The summed E-state index contributed by atoms with van der Waals surface area (Å²) >= 11 is 0. The second-order valence-corrected chi connectivity index (χ2v) is 4.39. The molecule has 0 saturated heterocycles. The first kappa shape index (κ1) is 11.0. The van der Waals surface area contributed by atoms with Crippen LogP contribution in [0.15, 0.2) is 4.79 Å². The number of aromatic nitrogens is 2. The van der Waals surface area contributed by atoms with Crippen molar-refractivity contribution >= 4 is 0 Å². The van der Waals surface area contributed by atoms with E-state index in [1.54, 1.807) is 4.68 Å². The number of nitrogens with zero attached hydrogens (tertiary/aromatic N) is 1. The normalized spacial score (nSPS) is 12.1. The average molecular weight is 198 g/mol. The Morgan fingerprint density at radius 2 is 2.00 bits per heavy atom. The quantitative estimate of drug-likeness (QED) is 0.744. The molecule has 0 unspecified atom stereocenters. The summed E-state index contributed by atoms with van der Waals surface area (Å²) in [6.07, 6.45) is 0.730. The zero-order valence-electron chi connectivity index (χ0n) is 9.22. The Labute approximate surface area is 83.5 Å². The molecule has 0 fully saturated rings. The molecule has 0 atom stereocenters. The van der Waals surface area contributed by atoms with Gasteiger partial charge in [0.15, 0.2) is 0 Å². The van der Waals surface area contributed by atoms with Crippen molar-refractivity contribution in [3.63, 3.8) is 0 Å². The molecule has 0 aromatic carbocycles. The number of aliphatic hydroxyl groups is 1. The molecule has 1 aromatic heterocycles. The summed E-state index contributed by atoms with van der Waals surface area (Å²) in [5.74, 6) is 0. The minimum atomic E-state index is -0.269. The van der Waals surface area contributed by atoms with E-state index >= 15 is 0 Å². The first-order chi connectivity index (χ1) is 6.41. The van der Waals surface area contributed by atoms with Gasteiger partial charge in [0.1, 0.15) is 0 Å². The predicted molar refractivity (Wildman–Crippen MR) is 55.3 cm³/mol. The first-order valence-electron chi connectivity index (χ1n) is 4.86. The number of nitrogens with one attached hydrogen (secondary N) is 1. The monoisotopic (exact) mass is 198 g/mol. The lowest BCUT2D eigenvalue weighted by atomic mass is 10.1. The summed E-state index contributed by atoms with van der Waals surface area (Å²) in [6.45, 7) is 7.61. The fourth-order valence-corrected chi connectivity index (χ4v) is 1.45. The van der Waals surface area contributed by atoms with E-state index in [-0.39, 0.29) is 17.7 Å². The molecule has 1 aromatic rings. The van der Waals surface area contributed by atoms with E-state index in [0.717, 1.165) is 12.1 Å². The van der Waals surface area contributed by atoms with Gasteiger partial charge in [-0.1, -0.05) is 6.92 Å². The van der Waals surface area contributed by atoms with E-state index in [1.165, 1.54) is 0 Å². The molecule has 0 aliphatic heterocycles. The second-order valence-electron chi connectivity index (χ2n) is 4.39. The van der Waals surface area contributed by atoms with Crippen molar-refractivity contribution in [3.05, 3.63) is 21.6 Å². The topological polar surface area (TPSA) is 58.0 Å². The van der Waals surface area contributed by atoms with E-state index in [9.17, 15) is 4.79 Å². The van der Waals surface area contributed by atoms with Crippen LogP contribution < -0.4 is 5.56 Å². The van der Waals surface area contributed by atoms with Gasteiger partial charge >= 0.3 is 0 Å². The van der Waals surface area contributed by atoms with Gasteiger partial charge in [-0.25, -0.2) is 4.68 Å². The lowest BCUT2D eigenvalue weighted by Crippen LogP contribution is -2.33. The highest BCUT2D eigenvalue weighted by molar-refractivity contribution is 5.17. The maximum atomic E-state index is 11.8. The van der Waals surface area contributed by atoms with Crippen LogP contribution in [-0.4, -0.2) is 14.9 Å². The molecule has 1 rings (SSSR count). The van der Waals surface area contributed by atoms with E-state index in [0.29, 0.717) is 5.56 Å². The number of H-pyrrole nitrogens is 1. The molecule has 0 amide bonds. The molecule has 2 N–H and O–H groups in total. The SMILES string of the molecule is CCc1[nH]n(C(C)(C)C)c(=O)c1CO. The van der Waals surface area contributed by atoms with Gasteiger partial charge in [-0.05, 0) is 27.2 Å².